The molecule has 6 heteroatoms. The molecule has 0 aromatic heterocycles. The van der Waals surface area contributed by atoms with Crippen LogP contribution in [-0.4, -0.2) is 28.6 Å². The van der Waals surface area contributed by atoms with Crippen LogP contribution in [0.15, 0.2) is 53.4 Å². The number of nitrogens with two attached hydrogens (primary N) is 1. The summed E-state index contributed by atoms with van der Waals surface area (Å²) in [6.07, 6.45) is 0.979. The van der Waals surface area contributed by atoms with Gasteiger partial charge in [0.1, 0.15) is 0 Å². The molecule has 3 rings (SSSR count). The van der Waals surface area contributed by atoms with Crippen molar-refractivity contribution in [1.29, 1.82) is 0 Å². The number of benzene rings is 2. The third kappa shape index (κ3) is 3.31. The molecular weight excluding hydrogens is 322 g/mol. The van der Waals surface area contributed by atoms with E-state index in [1.807, 2.05) is 12.1 Å². The summed E-state index contributed by atoms with van der Waals surface area (Å²) in [5, 5.41) is 0. The van der Waals surface area contributed by atoms with Crippen molar-refractivity contribution in [2.24, 2.45) is 5.73 Å². The second-order valence-corrected chi connectivity index (χ2v) is 7.95. The highest BCUT2D eigenvalue weighted by molar-refractivity contribution is 7.89. The van der Waals surface area contributed by atoms with E-state index in [-0.39, 0.29) is 4.90 Å². The first-order valence-electron chi connectivity index (χ1n) is 8.11. The zero-order chi connectivity index (χ0) is 17.2. The summed E-state index contributed by atoms with van der Waals surface area (Å²) in [6.45, 7) is 2.40. The predicted octanol–water partition coefficient (Wildman–Crippen LogP) is 2.05. The SMILES string of the molecule is CNS(=O)(=O)c1ccc(CN2CC(CCN)c3ccccc32)cc1. The molecule has 5 nitrogen and oxygen atoms in total. The smallest absolute Gasteiger partial charge is 0.240 e. The number of sulfonamides is 1. The van der Waals surface area contributed by atoms with Gasteiger partial charge in [-0.05, 0) is 49.3 Å². The summed E-state index contributed by atoms with van der Waals surface area (Å²) in [6, 6.07) is 15.5. The zero-order valence-electron chi connectivity index (χ0n) is 13.8. The van der Waals surface area contributed by atoms with Gasteiger partial charge in [0.25, 0.3) is 0 Å². The van der Waals surface area contributed by atoms with Gasteiger partial charge in [-0.1, -0.05) is 30.3 Å². The van der Waals surface area contributed by atoms with E-state index < -0.39 is 10.0 Å². The largest absolute Gasteiger partial charge is 0.366 e. The van der Waals surface area contributed by atoms with Crippen LogP contribution >= 0.6 is 0 Å². The summed E-state index contributed by atoms with van der Waals surface area (Å²) in [7, 11) is -1.97. The Hall–Kier alpha value is -1.89. The minimum absolute atomic E-state index is 0.289. The van der Waals surface area contributed by atoms with Gasteiger partial charge in [-0.2, -0.15) is 0 Å². The topological polar surface area (TPSA) is 75.4 Å². The zero-order valence-corrected chi connectivity index (χ0v) is 14.6. The molecule has 24 heavy (non-hydrogen) atoms. The molecule has 1 atom stereocenters. The first kappa shape index (κ1) is 17.0. The van der Waals surface area contributed by atoms with Crippen LogP contribution in [0.1, 0.15) is 23.5 Å². The van der Waals surface area contributed by atoms with E-state index in [0.29, 0.717) is 12.5 Å². The molecule has 0 amide bonds. The van der Waals surface area contributed by atoms with E-state index in [2.05, 4.69) is 33.9 Å². The Morgan fingerprint density at radius 1 is 1.17 bits per heavy atom. The summed E-state index contributed by atoms with van der Waals surface area (Å²) >= 11 is 0. The molecule has 128 valence electrons. The number of hydrogen-bond acceptors (Lipinski definition) is 4. The van der Waals surface area contributed by atoms with Crippen molar-refractivity contribution < 1.29 is 8.42 Å². The third-order valence-corrected chi connectivity index (χ3v) is 5.98. The van der Waals surface area contributed by atoms with Crippen LogP contribution in [-0.2, 0) is 16.6 Å². The lowest BCUT2D eigenvalue weighted by molar-refractivity contribution is 0.588. The Bertz CT molecular complexity index is 803. The molecule has 0 spiro atoms. The van der Waals surface area contributed by atoms with Gasteiger partial charge >= 0.3 is 0 Å². The highest BCUT2D eigenvalue weighted by Gasteiger charge is 2.27. The fourth-order valence-electron chi connectivity index (χ4n) is 3.29. The summed E-state index contributed by atoms with van der Waals surface area (Å²) in [4.78, 5) is 2.63. The first-order chi connectivity index (χ1) is 11.5. The third-order valence-electron chi connectivity index (χ3n) is 4.55. The van der Waals surface area contributed by atoms with Crippen LogP contribution in [0.4, 0.5) is 5.69 Å². The van der Waals surface area contributed by atoms with Crippen LogP contribution in [0.3, 0.4) is 0 Å². The van der Waals surface area contributed by atoms with E-state index in [9.17, 15) is 8.42 Å². The monoisotopic (exact) mass is 345 g/mol. The summed E-state index contributed by atoms with van der Waals surface area (Å²) in [5.74, 6) is 0.468. The maximum atomic E-state index is 11.8. The number of fused-ring (bicyclic) bond motifs is 1. The standard InChI is InChI=1S/C18H23N3O2S/c1-20-24(22,23)16-8-6-14(7-9-16)12-21-13-15(10-11-19)17-4-2-3-5-18(17)21/h2-9,15,20H,10-13,19H2,1H3. The fourth-order valence-corrected chi connectivity index (χ4v) is 4.02. The minimum Gasteiger partial charge on any atom is -0.366 e. The summed E-state index contributed by atoms with van der Waals surface area (Å²) in [5.41, 5.74) is 9.45. The maximum Gasteiger partial charge on any atom is 0.240 e. The Morgan fingerprint density at radius 2 is 1.88 bits per heavy atom. The van der Waals surface area contributed by atoms with Crippen molar-refractivity contribution in [1.82, 2.24) is 4.72 Å². The molecule has 0 saturated carbocycles. The van der Waals surface area contributed by atoms with Crippen LogP contribution < -0.4 is 15.4 Å². The predicted molar refractivity (Wildman–Crippen MR) is 96.6 cm³/mol. The average molecular weight is 345 g/mol. The van der Waals surface area contributed by atoms with Crippen LogP contribution in [0, 0.1) is 0 Å². The van der Waals surface area contributed by atoms with Gasteiger partial charge in [-0.25, -0.2) is 13.1 Å². The number of anilines is 1. The molecule has 0 aliphatic carbocycles. The molecule has 0 fully saturated rings. The van der Waals surface area contributed by atoms with Crippen molar-refractivity contribution in [3.63, 3.8) is 0 Å². The molecule has 0 saturated heterocycles. The van der Waals surface area contributed by atoms with E-state index in [1.165, 1.54) is 18.3 Å². The van der Waals surface area contributed by atoms with Gasteiger partial charge in [-0.3, -0.25) is 0 Å². The molecule has 3 N–H and O–H groups in total. The Morgan fingerprint density at radius 3 is 2.54 bits per heavy atom. The van der Waals surface area contributed by atoms with Crippen molar-refractivity contribution >= 4 is 15.7 Å². The van der Waals surface area contributed by atoms with Crippen LogP contribution in [0.2, 0.25) is 0 Å². The molecule has 1 aliphatic heterocycles. The second-order valence-electron chi connectivity index (χ2n) is 6.07. The number of nitrogens with one attached hydrogen (secondary N) is 1. The van der Waals surface area contributed by atoms with Gasteiger partial charge in [0, 0.05) is 24.7 Å². The van der Waals surface area contributed by atoms with Crippen LogP contribution in [0.25, 0.3) is 0 Å². The van der Waals surface area contributed by atoms with Crippen molar-refractivity contribution in [3.05, 3.63) is 59.7 Å². The minimum atomic E-state index is -3.38. The lowest BCUT2D eigenvalue weighted by Crippen LogP contribution is -2.22. The normalized spacial score (nSPS) is 17.1. The highest BCUT2D eigenvalue weighted by Crippen LogP contribution is 2.38. The molecular formula is C18H23N3O2S. The number of hydrogen-bond donors (Lipinski definition) is 2. The quantitative estimate of drug-likeness (QED) is 0.840. The maximum absolute atomic E-state index is 11.8. The fraction of sp³-hybridized carbons (Fsp3) is 0.333. The highest BCUT2D eigenvalue weighted by atomic mass is 32.2. The Kier molecular flexibility index (Phi) is 4.89. The van der Waals surface area contributed by atoms with Gasteiger partial charge < -0.3 is 10.6 Å². The van der Waals surface area contributed by atoms with E-state index in [4.69, 9.17) is 5.73 Å². The second kappa shape index (κ2) is 6.93. The average Bonchev–Trinajstić information content (AvgIpc) is 2.94. The Balaban J connectivity index is 1.80. The van der Waals surface area contributed by atoms with Gasteiger partial charge in [0.15, 0.2) is 0 Å². The van der Waals surface area contributed by atoms with Crippen molar-refractivity contribution in [2.75, 3.05) is 25.0 Å². The van der Waals surface area contributed by atoms with Crippen molar-refractivity contribution in [3.8, 4) is 0 Å². The lowest BCUT2D eigenvalue weighted by Gasteiger charge is -2.20. The van der Waals surface area contributed by atoms with Crippen LogP contribution in [0.5, 0.6) is 0 Å². The van der Waals surface area contributed by atoms with Gasteiger partial charge in [0.05, 0.1) is 4.90 Å². The molecule has 2 aromatic rings. The van der Waals surface area contributed by atoms with E-state index in [1.54, 1.807) is 12.1 Å². The van der Waals surface area contributed by atoms with E-state index >= 15 is 0 Å². The number of nitrogens with zero attached hydrogens (tertiary/aromatic N) is 1. The Labute approximate surface area is 143 Å². The number of para-hydroxylation sites is 1. The molecule has 2 aromatic carbocycles. The van der Waals surface area contributed by atoms with Crippen molar-refractivity contribution in [2.45, 2.75) is 23.8 Å². The van der Waals surface area contributed by atoms with E-state index in [0.717, 1.165) is 25.1 Å². The molecule has 1 aliphatic rings. The lowest BCUT2D eigenvalue weighted by atomic mass is 9.98. The number of rotatable bonds is 6. The molecule has 1 heterocycles. The molecule has 0 radical (unpaired) electrons. The van der Waals surface area contributed by atoms with Gasteiger partial charge in [-0.15, -0.1) is 0 Å². The molecule has 1 unspecified atom stereocenters. The summed E-state index contributed by atoms with van der Waals surface area (Å²) < 4.78 is 25.9. The first-order valence-corrected chi connectivity index (χ1v) is 9.60. The molecule has 0 bridgehead atoms. The van der Waals surface area contributed by atoms with Gasteiger partial charge in [0.2, 0.25) is 10.0 Å².